The summed E-state index contributed by atoms with van der Waals surface area (Å²) in [6, 6.07) is 2.35. The lowest BCUT2D eigenvalue weighted by molar-refractivity contribution is -0.137. The van der Waals surface area contributed by atoms with E-state index in [9.17, 15) is 13.2 Å². The molecule has 2 rings (SSSR count). The topological polar surface area (TPSA) is 16.1 Å². The Morgan fingerprint density at radius 1 is 1.50 bits per heavy atom. The summed E-state index contributed by atoms with van der Waals surface area (Å²) in [5, 5.41) is 0.742. The maximum atomic E-state index is 12.7. The van der Waals surface area contributed by atoms with Crippen molar-refractivity contribution < 1.29 is 13.2 Å². The summed E-state index contributed by atoms with van der Waals surface area (Å²) in [6.45, 7) is 2.87. The third-order valence-corrected chi connectivity index (χ3v) is 4.07. The Labute approximate surface area is 112 Å². The van der Waals surface area contributed by atoms with Gasteiger partial charge in [0.25, 0.3) is 0 Å². The van der Waals surface area contributed by atoms with Gasteiger partial charge in [-0.2, -0.15) is 13.2 Å². The molecule has 0 radical (unpaired) electrons. The maximum absolute atomic E-state index is 12.7. The lowest BCUT2D eigenvalue weighted by Crippen LogP contribution is -2.34. The molecule has 1 saturated heterocycles. The van der Waals surface area contributed by atoms with Crippen molar-refractivity contribution in [2.24, 2.45) is 5.92 Å². The molecule has 6 heteroatoms. The monoisotopic (exact) mass is 322 g/mol. The van der Waals surface area contributed by atoms with E-state index < -0.39 is 11.7 Å². The Bertz CT molecular complexity index is 422. The molecule has 0 aliphatic carbocycles. The second kappa shape index (κ2) is 5.07. The van der Waals surface area contributed by atoms with Crippen LogP contribution in [0.25, 0.3) is 0 Å². The largest absolute Gasteiger partial charge is 0.416 e. The van der Waals surface area contributed by atoms with Gasteiger partial charge in [0.15, 0.2) is 0 Å². The quantitative estimate of drug-likeness (QED) is 0.772. The van der Waals surface area contributed by atoms with Crippen LogP contribution in [-0.2, 0) is 6.18 Å². The molecule has 2 unspecified atom stereocenters. The highest BCUT2D eigenvalue weighted by Gasteiger charge is 2.34. The van der Waals surface area contributed by atoms with E-state index >= 15 is 0 Å². The average molecular weight is 323 g/mol. The van der Waals surface area contributed by atoms with Gasteiger partial charge in [-0.25, -0.2) is 4.98 Å². The molecule has 1 fully saturated rings. The van der Waals surface area contributed by atoms with Crippen LogP contribution in [0.5, 0.6) is 0 Å². The number of nitrogens with zero attached hydrogens (tertiary/aromatic N) is 2. The molecule has 18 heavy (non-hydrogen) atoms. The van der Waals surface area contributed by atoms with Crippen molar-refractivity contribution in [3.63, 3.8) is 0 Å². The van der Waals surface area contributed by atoms with E-state index in [4.69, 9.17) is 0 Å². The van der Waals surface area contributed by atoms with Gasteiger partial charge in [0.05, 0.1) is 5.56 Å². The van der Waals surface area contributed by atoms with Crippen LogP contribution in [0.1, 0.15) is 18.9 Å². The van der Waals surface area contributed by atoms with E-state index in [1.807, 2.05) is 4.90 Å². The number of hydrogen-bond donors (Lipinski definition) is 0. The van der Waals surface area contributed by atoms with E-state index in [2.05, 4.69) is 27.8 Å². The number of hydrogen-bond acceptors (Lipinski definition) is 2. The predicted octanol–water partition coefficient (Wildman–Crippen LogP) is 3.71. The summed E-state index contributed by atoms with van der Waals surface area (Å²) in [5.74, 6) is 0.874. The fraction of sp³-hybridized carbons (Fsp3) is 0.583. The van der Waals surface area contributed by atoms with Crippen LogP contribution in [0.3, 0.4) is 0 Å². The molecule has 1 aromatic heterocycles. The average Bonchev–Trinajstić information content (AvgIpc) is 2.69. The number of alkyl halides is 4. The first-order chi connectivity index (χ1) is 8.43. The van der Waals surface area contributed by atoms with Crippen LogP contribution >= 0.6 is 15.9 Å². The van der Waals surface area contributed by atoms with Gasteiger partial charge in [0.2, 0.25) is 0 Å². The lowest BCUT2D eigenvalue weighted by atomic mass is 10.1. The highest BCUT2D eigenvalue weighted by molar-refractivity contribution is 9.09. The van der Waals surface area contributed by atoms with Gasteiger partial charge in [0.1, 0.15) is 5.82 Å². The van der Waals surface area contributed by atoms with Gasteiger partial charge >= 0.3 is 6.18 Å². The minimum Gasteiger partial charge on any atom is -0.353 e. The van der Waals surface area contributed by atoms with E-state index in [1.54, 1.807) is 0 Å². The molecule has 0 saturated carbocycles. The van der Waals surface area contributed by atoms with Crippen molar-refractivity contribution in [2.75, 3.05) is 16.8 Å². The zero-order valence-electron chi connectivity index (χ0n) is 9.91. The summed E-state index contributed by atoms with van der Waals surface area (Å²) in [5.41, 5.74) is -0.639. The molecule has 0 N–H and O–H groups in total. The zero-order valence-corrected chi connectivity index (χ0v) is 11.5. The predicted molar refractivity (Wildman–Crippen MR) is 67.9 cm³/mol. The van der Waals surface area contributed by atoms with Gasteiger partial charge < -0.3 is 4.90 Å². The highest BCUT2D eigenvalue weighted by atomic mass is 79.9. The highest BCUT2D eigenvalue weighted by Crippen LogP contribution is 2.34. The number of aromatic nitrogens is 1. The van der Waals surface area contributed by atoms with Gasteiger partial charge in [-0.05, 0) is 24.5 Å². The standard InChI is InChI=1S/C12H14BrF3N2/c1-8-3-5-18(10(8)7-13)11-6-9(2-4-17-11)12(14,15)16/h2,4,6,8,10H,3,5,7H2,1H3. The smallest absolute Gasteiger partial charge is 0.353 e. The minimum absolute atomic E-state index is 0.209. The fourth-order valence-corrected chi connectivity index (χ4v) is 3.27. The van der Waals surface area contributed by atoms with Gasteiger partial charge in [0, 0.05) is 24.1 Å². The summed E-state index contributed by atoms with van der Waals surface area (Å²) in [6.07, 6.45) is -2.10. The molecular formula is C12H14BrF3N2. The van der Waals surface area contributed by atoms with E-state index in [-0.39, 0.29) is 6.04 Å². The first-order valence-electron chi connectivity index (χ1n) is 5.79. The summed E-state index contributed by atoms with van der Waals surface area (Å²) in [7, 11) is 0. The van der Waals surface area contributed by atoms with Crippen molar-refractivity contribution in [1.82, 2.24) is 4.98 Å². The normalized spacial score (nSPS) is 24.6. The van der Waals surface area contributed by atoms with Crippen LogP contribution < -0.4 is 4.90 Å². The second-order valence-electron chi connectivity index (χ2n) is 4.58. The molecule has 1 aromatic rings. The zero-order chi connectivity index (χ0) is 13.3. The number of anilines is 1. The van der Waals surface area contributed by atoms with Crippen molar-refractivity contribution in [3.05, 3.63) is 23.9 Å². The van der Waals surface area contributed by atoms with Gasteiger partial charge in [-0.15, -0.1) is 0 Å². The second-order valence-corrected chi connectivity index (χ2v) is 5.23. The SMILES string of the molecule is CC1CCN(c2cc(C(F)(F)F)ccn2)C1CBr. The van der Waals surface area contributed by atoms with Crippen LogP contribution in [0.2, 0.25) is 0 Å². The molecule has 2 heterocycles. The molecule has 2 atom stereocenters. The molecule has 100 valence electrons. The maximum Gasteiger partial charge on any atom is 0.416 e. The molecule has 0 amide bonds. The Balaban J connectivity index is 2.29. The molecule has 0 aromatic carbocycles. The first kappa shape index (κ1) is 13.6. The van der Waals surface area contributed by atoms with E-state index in [0.717, 1.165) is 30.4 Å². The summed E-state index contributed by atoms with van der Waals surface area (Å²) < 4.78 is 38.0. The fourth-order valence-electron chi connectivity index (χ4n) is 2.28. The van der Waals surface area contributed by atoms with Crippen LogP contribution in [0.15, 0.2) is 18.3 Å². The Morgan fingerprint density at radius 3 is 2.83 bits per heavy atom. The van der Waals surface area contributed by atoms with Crippen molar-refractivity contribution >= 4 is 21.7 Å². The number of rotatable bonds is 2. The third kappa shape index (κ3) is 2.63. The number of pyridine rings is 1. The van der Waals surface area contributed by atoms with Gasteiger partial charge in [-0.3, -0.25) is 0 Å². The van der Waals surface area contributed by atoms with E-state index in [0.29, 0.717) is 11.7 Å². The summed E-state index contributed by atoms with van der Waals surface area (Å²) in [4.78, 5) is 6.03. The molecule has 0 bridgehead atoms. The van der Waals surface area contributed by atoms with Crippen molar-refractivity contribution in [2.45, 2.75) is 25.6 Å². The van der Waals surface area contributed by atoms with Gasteiger partial charge in [-0.1, -0.05) is 22.9 Å². The third-order valence-electron chi connectivity index (χ3n) is 3.41. The molecule has 2 nitrogen and oxygen atoms in total. The van der Waals surface area contributed by atoms with Crippen molar-refractivity contribution in [1.29, 1.82) is 0 Å². The summed E-state index contributed by atoms with van der Waals surface area (Å²) >= 11 is 3.42. The molecule has 0 spiro atoms. The molecule has 1 aliphatic rings. The molecule has 1 aliphatic heterocycles. The first-order valence-corrected chi connectivity index (χ1v) is 6.91. The lowest BCUT2D eigenvalue weighted by Gasteiger charge is -2.26. The Kier molecular flexibility index (Phi) is 3.84. The Hall–Kier alpha value is -0.780. The number of halogens is 4. The molecular weight excluding hydrogens is 309 g/mol. The Morgan fingerprint density at radius 2 is 2.22 bits per heavy atom. The minimum atomic E-state index is -4.31. The van der Waals surface area contributed by atoms with Crippen LogP contribution in [0, 0.1) is 5.92 Å². The van der Waals surface area contributed by atoms with Crippen LogP contribution in [0.4, 0.5) is 19.0 Å². The van der Waals surface area contributed by atoms with Crippen molar-refractivity contribution in [3.8, 4) is 0 Å². The van der Waals surface area contributed by atoms with Crippen LogP contribution in [-0.4, -0.2) is 22.9 Å². The van der Waals surface area contributed by atoms with E-state index in [1.165, 1.54) is 6.20 Å².